The lowest BCUT2D eigenvalue weighted by atomic mass is 10.4. The highest BCUT2D eigenvalue weighted by Gasteiger charge is 2.20. The molecule has 11 heavy (non-hydrogen) atoms. The van der Waals surface area contributed by atoms with Crippen LogP contribution in [0.25, 0.3) is 0 Å². The molecule has 0 aliphatic carbocycles. The van der Waals surface area contributed by atoms with Crippen LogP contribution in [0, 0.1) is 0 Å². The van der Waals surface area contributed by atoms with Crippen molar-refractivity contribution in [2.45, 2.75) is 0 Å². The van der Waals surface area contributed by atoms with Crippen molar-refractivity contribution in [3.8, 4) is 0 Å². The van der Waals surface area contributed by atoms with Crippen LogP contribution in [0.4, 0.5) is 0 Å². The molecular formula is C5H4N2O3S. The normalized spacial score (nSPS) is 19.8. The fourth-order valence-corrected chi connectivity index (χ4v) is 0.809. The molecule has 1 aliphatic rings. The highest BCUT2D eigenvalue weighted by molar-refractivity contribution is 7.80. The Bertz CT molecular complexity index is 271. The molecule has 0 aromatic carbocycles. The first-order chi connectivity index (χ1) is 5.09. The highest BCUT2D eigenvalue weighted by Crippen LogP contribution is 1.96. The fourth-order valence-electron chi connectivity index (χ4n) is 0.606. The lowest BCUT2D eigenvalue weighted by Crippen LogP contribution is -2.21. The molecule has 0 unspecified atom stereocenters. The van der Waals surface area contributed by atoms with Gasteiger partial charge in [0.2, 0.25) is 0 Å². The topological polar surface area (TPSA) is 78.4 Å². The van der Waals surface area contributed by atoms with Crippen molar-refractivity contribution in [2.75, 3.05) is 0 Å². The number of thiocarbonyl (C=S) groups is 1. The predicted molar refractivity (Wildman–Crippen MR) is 39.6 cm³/mol. The van der Waals surface area contributed by atoms with E-state index in [0.29, 0.717) is 0 Å². The predicted octanol–water partition coefficient (Wildman–Crippen LogP) is -1.04. The molecule has 0 spiro atoms. The Morgan fingerprint density at radius 2 is 2.18 bits per heavy atom. The summed E-state index contributed by atoms with van der Waals surface area (Å²) in [7, 11) is 0. The summed E-state index contributed by atoms with van der Waals surface area (Å²) < 4.78 is 0. The Morgan fingerprint density at radius 3 is 2.55 bits per heavy atom. The molecular weight excluding hydrogens is 168 g/mol. The van der Waals surface area contributed by atoms with Crippen LogP contribution < -0.4 is 10.6 Å². The van der Waals surface area contributed by atoms with E-state index in [1.54, 1.807) is 0 Å². The minimum Gasteiger partial charge on any atom is -0.478 e. The minimum absolute atomic E-state index is 0.0394. The molecule has 0 bridgehead atoms. The standard InChI is InChI=1S/C5H4N2O3S/c8-3(9)1-2-4(10)7-5(11)6-2/h1H,(H,8,9)(H2,6,7,10,11). The zero-order valence-corrected chi connectivity index (χ0v) is 6.07. The van der Waals surface area contributed by atoms with E-state index in [2.05, 4.69) is 22.9 Å². The van der Waals surface area contributed by atoms with Gasteiger partial charge in [-0.1, -0.05) is 0 Å². The van der Waals surface area contributed by atoms with Crippen molar-refractivity contribution in [1.29, 1.82) is 0 Å². The highest BCUT2D eigenvalue weighted by atomic mass is 32.1. The van der Waals surface area contributed by atoms with E-state index in [1.165, 1.54) is 0 Å². The second-order valence-corrected chi connectivity index (χ2v) is 2.21. The molecule has 1 fully saturated rings. The largest absolute Gasteiger partial charge is 0.478 e. The summed E-state index contributed by atoms with van der Waals surface area (Å²) in [5.41, 5.74) is -0.0394. The first-order valence-corrected chi connectivity index (χ1v) is 3.07. The molecule has 1 saturated heterocycles. The van der Waals surface area contributed by atoms with Crippen LogP contribution in [-0.4, -0.2) is 22.1 Å². The van der Waals surface area contributed by atoms with Gasteiger partial charge in [-0.05, 0) is 12.2 Å². The third-order valence-corrected chi connectivity index (χ3v) is 1.19. The average molecular weight is 172 g/mol. The van der Waals surface area contributed by atoms with E-state index >= 15 is 0 Å². The van der Waals surface area contributed by atoms with E-state index in [4.69, 9.17) is 5.11 Å². The maximum absolute atomic E-state index is 10.7. The molecule has 0 atom stereocenters. The Morgan fingerprint density at radius 1 is 1.55 bits per heavy atom. The fraction of sp³-hybridized carbons (Fsp3) is 0. The number of carboxylic acids is 1. The Balaban J connectivity index is 2.83. The van der Waals surface area contributed by atoms with E-state index in [1.807, 2.05) is 0 Å². The summed E-state index contributed by atoms with van der Waals surface area (Å²) in [4.78, 5) is 20.8. The first kappa shape index (κ1) is 7.67. The van der Waals surface area contributed by atoms with Crippen LogP contribution >= 0.6 is 12.2 Å². The summed E-state index contributed by atoms with van der Waals surface area (Å²) in [6.45, 7) is 0. The van der Waals surface area contributed by atoms with Crippen molar-refractivity contribution in [3.05, 3.63) is 11.8 Å². The molecule has 0 aromatic heterocycles. The number of hydrogen-bond donors (Lipinski definition) is 3. The van der Waals surface area contributed by atoms with Gasteiger partial charge in [0.1, 0.15) is 5.70 Å². The maximum atomic E-state index is 10.7. The molecule has 1 aliphatic heterocycles. The molecule has 1 rings (SSSR count). The van der Waals surface area contributed by atoms with Crippen LogP contribution in [0.1, 0.15) is 0 Å². The van der Waals surface area contributed by atoms with Crippen molar-refractivity contribution in [2.24, 2.45) is 0 Å². The van der Waals surface area contributed by atoms with Gasteiger partial charge in [-0.2, -0.15) is 0 Å². The molecule has 6 heteroatoms. The van der Waals surface area contributed by atoms with Gasteiger partial charge < -0.3 is 10.4 Å². The summed E-state index contributed by atoms with van der Waals surface area (Å²) in [5, 5.41) is 13.0. The molecule has 58 valence electrons. The molecule has 1 amide bonds. The van der Waals surface area contributed by atoms with E-state index in [0.717, 1.165) is 6.08 Å². The Labute approximate surface area is 67.1 Å². The van der Waals surface area contributed by atoms with Crippen LogP contribution in [-0.2, 0) is 9.59 Å². The zero-order valence-electron chi connectivity index (χ0n) is 5.25. The number of nitrogens with one attached hydrogen (secondary N) is 2. The van der Waals surface area contributed by atoms with Gasteiger partial charge in [0.15, 0.2) is 5.11 Å². The van der Waals surface area contributed by atoms with Crippen molar-refractivity contribution in [3.63, 3.8) is 0 Å². The van der Waals surface area contributed by atoms with Gasteiger partial charge in [0.25, 0.3) is 5.91 Å². The minimum atomic E-state index is -1.19. The smallest absolute Gasteiger partial charge is 0.330 e. The van der Waals surface area contributed by atoms with E-state index < -0.39 is 11.9 Å². The number of rotatable bonds is 1. The van der Waals surface area contributed by atoms with Gasteiger partial charge in [-0.3, -0.25) is 10.1 Å². The first-order valence-electron chi connectivity index (χ1n) is 2.66. The molecule has 0 aromatic rings. The molecule has 1 heterocycles. The number of carboxylic acid groups (broad SMARTS) is 1. The molecule has 3 N–H and O–H groups in total. The molecule has 0 radical (unpaired) electrons. The lowest BCUT2D eigenvalue weighted by molar-refractivity contribution is -0.131. The number of hydrogen-bond acceptors (Lipinski definition) is 3. The Kier molecular flexibility index (Phi) is 1.86. The summed E-state index contributed by atoms with van der Waals surface area (Å²) >= 11 is 4.55. The van der Waals surface area contributed by atoms with Crippen LogP contribution in [0.3, 0.4) is 0 Å². The van der Waals surface area contributed by atoms with Crippen LogP contribution in [0.5, 0.6) is 0 Å². The van der Waals surface area contributed by atoms with Gasteiger partial charge in [0, 0.05) is 0 Å². The van der Waals surface area contributed by atoms with E-state index in [9.17, 15) is 9.59 Å². The quantitative estimate of drug-likeness (QED) is 0.348. The van der Waals surface area contributed by atoms with Crippen LogP contribution in [0.2, 0.25) is 0 Å². The number of carbonyl (C=O) groups is 2. The summed E-state index contributed by atoms with van der Waals surface area (Å²) in [6, 6.07) is 0. The third-order valence-electron chi connectivity index (χ3n) is 0.988. The second kappa shape index (κ2) is 2.67. The van der Waals surface area contributed by atoms with E-state index in [-0.39, 0.29) is 10.8 Å². The van der Waals surface area contributed by atoms with Gasteiger partial charge in [-0.15, -0.1) is 0 Å². The average Bonchev–Trinajstić information content (AvgIpc) is 2.09. The molecule has 0 saturated carbocycles. The third kappa shape index (κ3) is 1.74. The lowest BCUT2D eigenvalue weighted by Gasteiger charge is -1.88. The Hall–Kier alpha value is -1.43. The molecule has 5 nitrogen and oxygen atoms in total. The van der Waals surface area contributed by atoms with Crippen molar-refractivity contribution < 1.29 is 14.7 Å². The zero-order chi connectivity index (χ0) is 8.43. The number of amides is 1. The summed E-state index contributed by atoms with van der Waals surface area (Å²) in [5.74, 6) is -1.70. The van der Waals surface area contributed by atoms with Gasteiger partial charge in [-0.25, -0.2) is 4.79 Å². The summed E-state index contributed by atoms with van der Waals surface area (Å²) in [6.07, 6.45) is 0.759. The van der Waals surface area contributed by atoms with Crippen molar-refractivity contribution >= 4 is 29.2 Å². The van der Waals surface area contributed by atoms with Gasteiger partial charge >= 0.3 is 5.97 Å². The number of carbonyl (C=O) groups excluding carboxylic acids is 1. The SMILES string of the molecule is O=C(O)C=C1NC(=S)NC1=O. The monoisotopic (exact) mass is 172 g/mol. The maximum Gasteiger partial charge on any atom is 0.330 e. The van der Waals surface area contributed by atoms with Gasteiger partial charge in [0.05, 0.1) is 6.08 Å². The number of aliphatic carboxylic acids is 1. The van der Waals surface area contributed by atoms with Crippen molar-refractivity contribution in [1.82, 2.24) is 10.6 Å². The van der Waals surface area contributed by atoms with Crippen LogP contribution in [0.15, 0.2) is 11.8 Å². The second-order valence-electron chi connectivity index (χ2n) is 1.80.